The number of hydrogen-bond acceptors (Lipinski definition) is 4. The number of nitrogens with zero attached hydrogens (tertiary/aromatic N) is 1. The first-order valence-electron chi connectivity index (χ1n) is 6.82. The Hall–Kier alpha value is -2.53. The number of anilines is 1. The Balaban J connectivity index is 2.11. The van der Waals surface area contributed by atoms with Crippen LogP contribution >= 0.6 is 0 Å². The van der Waals surface area contributed by atoms with Crippen LogP contribution in [0.4, 0.5) is 5.69 Å². The topological polar surface area (TPSA) is 48.0 Å². The number of para-hydroxylation sites is 1. The number of benzene rings is 2. The van der Waals surface area contributed by atoms with E-state index in [1.165, 1.54) is 12.0 Å². The molecule has 0 aliphatic rings. The lowest BCUT2D eigenvalue weighted by molar-refractivity contribution is -0.144. The highest BCUT2D eigenvalue weighted by Gasteiger charge is 2.24. The zero-order valence-corrected chi connectivity index (χ0v) is 12.9. The molecule has 2 aromatic rings. The third kappa shape index (κ3) is 3.77. The number of ether oxygens (including phenoxy) is 3. The summed E-state index contributed by atoms with van der Waals surface area (Å²) in [6.45, 7) is 0. The van der Waals surface area contributed by atoms with Gasteiger partial charge in [0.2, 0.25) is 0 Å². The largest absolute Gasteiger partial charge is 0.497 e. The fourth-order valence-electron chi connectivity index (χ4n) is 1.93. The molecular formula is C17H19NO4. The predicted octanol–water partition coefficient (Wildman–Crippen LogP) is 2.71. The third-order valence-electron chi connectivity index (χ3n) is 3.17. The second-order valence-corrected chi connectivity index (χ2v) is 4.60. The number of carbonyl (C=O) groups is 1. The summed E-state index contributed by atoms with van der Waals surface area (Å²) in [5.41, 5.74) is 0.767. The summed E-state index contributed by atoms with van der Waals surface area (Å²) < 4.78 is 15.9. The van der Waals surface area contributed by atoms with E-state index in [1.807, 2.05) is 30.3 Å². The first kappa shape index (κ1) is 15.9. The second kappa shape index (κ2) is 7.47. The number of rotatable bonds is 6. The Kier molecular flexibility index (Phi) is 5.38. The van der Waals surface area contributed by atoms with Crippen molar-refractivity contribution in [1.82, 2.24) is 0 Å². The Morgan fingerprint density at radius 3 is 2.32 bits per heavy atom. The number of methoxy groups -OCH3 is 2. The molecular weight excluding hydrogens is 282 g/mol. The molecule has 0 saturated heterocycles. The molecule has 0 aromatic heterocycles. The van der Waals surface area contributed by atoms with Gasteiger partial charge in [0, 0.05) is 25.9 Å². The zero-order valence-electron chi connectivity index (χ0n) is 12.9. The average Bonchev–Trinajstić information content (AvgIpc) is 2.59. The van der Waals surface area contributed by atoms with Crippen LogP contribution in [0.25, 0.3) is 0 Å². The summed E-state index contributed by atoms with van der Waals surface area (Å²) in [4.78, 5) is 14.0. The molecule has 1 amide bonds. The molecule has 0 aliphatic carbocycles. The van der Waals surface area contributed by atoms with E-state index in [2.05, 4.69) is 0 Å². The van der Waals surface area contributed by atoms with Crippen LogP contribution in [0.15, 0.2) is 54.6 Å². The molecule has 0 heterocycles. The van der Waals surface area contributed by atoms with Gasteiger partial charge in [0.1, 0.15) is 11.5 Å². The predicted molar refractivity (Wildman–Crippen MR) is 84.3 cm³/mol. The molecule has 0 spiro atoms. The normalized spacial score (nSPS) is 11.6. The van der Waals surface area contributed by atoms with Gasteiger partial charge in [-0.1, -0.05) is 24.3 Å². The fourth-order valence-corrected chi connectivity index (χ4v) is 1.93. The minimum atomic E-state index is -1.03. The summed E-state index contributed by atoms with van der Waals surface area (Å²) in [6.07, 6.45) is -1.03. The molecule has 2 rings (SSSR count). The van der Waals surface area contributed by atoms with E-state index in [0.717, 1.165) is 5.69 Å². The monoisotopic (exact) mass is 301 g/mol. The van der Waals surface area contributed by atoms with Crippen molar-refractivity contribution < 1.29 is 19.0 Å². The molecule has 5 nitrogen and oxygen atoms in total. The van der Waals surface area contributed by atoms with Crippen LogP contribution < -0.4 is 14.4 Å². The lowest BCUT2D eigenvalue weighted by atomic mass is 10.3. The summed E-state index contributed by atoms with van der Waals surface area (Å²) in [5, 5.41) is 0. The van der Waals surface area contributed by atoms with Crippen molar-refractivity contribution in [3.8, 4) is 11.5 Å². The van der Waals surface area contributed by atoms with Gasteiger partial charge in [0.15, 0.2) is 0 Å². The van der Waals surface area contributed by atoms with Gasteiger partial charge < -0.3 is 19.1 Å². The van der Waals surface area contributed by atoms with E-state index >= 15 is 0 Å². The van der Waals surface area contributed by atoms with E-state index in [1.54, 1.807) is 38.4 Å². The Bertz CT molecular complexity index is 615. The van der Waals surface area contributed by atoms with E-state index < -0.39 is 6.29 Å². The minimum Gasteiger partial charge on any atom is -0.497 e. The van der Waals surface area contributed by atoms with Gasteiger partial charge in [-0.3, -0.25) is 4.79 Å². The van der Waals surface area contributed by atoms with Gasteiger partial charge in [-0.05, 0) is 24.3 Å². The van der Waals surface area contributed by atoms with Crippen LogP contribution in [0.2, 0.25) is 0 Å². The standard InChI is InChI=1S/C17H19NO4/c1-18(13-8-5-4-6-9-13)16(19)17(21-3)22-15-11-7-10-14(12-15)20-2/h4-12,17H,1-3H3. The zero-order chi connectivity index (χ0) is 15.9. The molecule has 0 aliphatic heterocycles. The smallest absolute Gasteiger partial charge is 0.296 e. The molecule has 0 saturated carbocycles. The highest BCUT2D eigenvalue weighted by atomic mass is 16.7. The van der Waals surface area contributed by atoms with Crippen molar-refractivity contribution in [3.05, 3.63) is 54.6 Å². The van der Waals surface area contributed by atoms with E-state index in [-0.39, 0.29) is 5.91 Å². The minimum absolute atomic E-state index is 0.295. The number of likely N-dealkylation sites (N-methyl/N-ethyl adjacent to an activating group) is 1. The first-order valence-corrected chi connectivity index (χ1v) is 6.82. The SMILES string of the molecule is COc1cccc(OC(OC)C(=O)N(C)c2ccccc2)c1. The highest BCUT2D eigenvalue weighted by Crippen LogP contribution is 2.21. The molecule has 0 radical (unpaired) electrons. The quantitative estimate of drug-likeness (QED) is 0.770. The highest BCUT2D eigenvalue weighted by molar-refractivity contribution is 5.95. The van der Waals surface area contributed by atoms with Gasteiger partial charge in [0.25, 0.3) is 12.2 Å². The van der Waals surface area contributed by atoms with Gasteiger partial charge >= 0.3 is 0 Å². The van der Waals surface area contributed by atoms with Gasteiger partial charge in [-0.15, -0.1) is 0 Å². The fraction of sp³-hybridized carbons (Fsp3) is 0.235. The summed E-state index contributed by atoms with van der Waals surface area (Å²) in [7, 11) is 4.68. The summed E-state index contributed by atoms with van der Waals surface area (Å²) in [6, 6.07) is 16.3. The molecule has 0 fully saturated rings. The summed E-state index contributed by atoms with van der Waals surface area (Å²) in [5.74, 6) is 0.855. The molecule has 22 heavy (non-hydrogen) atoms. The van der Waals surface area contributed by atoms with Crippen molar-refractivity contribution in [2.45, 2.75) is 6.29 Å². The maximum Gasteiger partial charge on any atom is 0.296 e. The van der Waals surface area contributed by atoms with Crippen LogP contribution in [0.1, 0.15) is 0 Å². The van der Waals surface area contributed by atoms with Gasteiger partial charge in [-0.25, -0.2) is 0 Å². The van der Waals surface area contributed by atoms with Gasteiger partial charge in [-0.2, -0.15) is 0 Å². The summed E-state index contributed by atoms with van der Waals surface area (Å²) >= 11 is 0. The van der Waals surface area contributed by atoms with Crippen molar-refractivity contribution in [1.29, 1.82) is 0 Å². The number of carbonyl (C=O) groups excluding carboxylic acids is 1. The van der Waals surface area contributed by atoms with Crippen LogP contribution in [0.5, 0.6) is 11.5 Å². The first-order chi connectivity index (χ1) is 10.7. The average molecular weight is 301 g/mol. The van der Waals surface area contributed by atoms with Crippen LogP contribution in [-0.2, 0) is 9.53 Å². The third-order valence-corrected chi connectivity index (χ3v) is 3.17. The van der Waals surface area contributed by atoms with Gasteiger partial charge in [0.05, 0.1) is 7.11 Å². The van der Waals surface area contributed by atoms with Crippen molar-refractivity contribution in [3.63, 3.8) is 0 Å². The Morgan fingerprint density at radius 2 is 1.68 bits per heavy atom. The molecule has 116 valence electrons. The van der Waals surface area contributed by atoms with E-state index in [9.17, 15) is 4.79 Å². The molecule has 2 aromatic carbocycles. The molecule has 1 unspecified atom stereocenters. The molecule has 0 bridgehead atoms. The van der Waals surface area contributed by atoms with Crippen LogP contribution in [0, 0.1) is 0 Å². The number of hydrogen-bond donors (Lipinski definition) is 0. The number of amides is 1. The lowest BCUT2D eigenvalue weighted by Crippen LogP contribution is -2.41. The second-order valence-electron chi connectivity index (χ2n) is 4.60. The maximum absolute atomic E-state index is 12.5. The van der Waals surface area contributed by atoms with Crippen molar-refractivity contribution in [2.75, 3.05) is 26.2 Å². The Morgan fingerprint density at radius 1 is 1.00 bits per heavy atom. The molecule has 5 heteroatoms. The Labute approximate surface area is 130 Å². The molecule has 0 N–H and O–H groups in total. The van der Waals surface area contributed by atoms with Crippen LogP contribution in [-0.4, -0.2) is 33.5 Å². The lowest BCUT2D eigenvalue weighted by Gasteiger charge is -2.23. The van der Waals surface area contributed by atoms with Crippen LogP contribution in [0.3, 0.4) is 0 Å². The van der Waals surface area contributed by atoms with Crippen molar-refractivity contribution in [2.24, 2.45) is 0 Å². The van der Waals surface area contributed by atoms with E-state index in [0.29, 0.717) is 11.5 Å². The van der Waals surface area contributed by atoms with E-state index in [4.69, 9.17) is 14.2 Å². The van der Waals surface area contributed by atoms with Crippen molar-refractivity contribution >= 4 is 11.6 Å². The maximum atomic E-state index is 12.5. The molecule has 1 atom stereocenters.